The van der Waals surface area contributed by atoms with Gasteiger partial charge in [0.1, 0.15) is 5.82 Å². The number of nitrogens with zero attached hydrogens (tertiary/aromatic N) is 1. The lowest BCUT2D eigenvalue weighted by molar-refractivity contribution is -0.144. The van der Waals surface area contributed by atoms with Gasteiger partial charge in [0.15, 0.2) is 0 Å². The minimum Gasteiger partial charge on any atom is -0.481 e. The molecule has 0 heterocycles. The molecule has 1 rings (SSSR count). The molecule has 1 aromatic carbocycles. The molecule has 0 aromatic heterocycles. The number of rotatable bonds is 6. The molecule has 1 N–H and O–H groups in total. The number of halogens is 1. The highest BCUT2D eigenvalue weighted by Gasteiger charge is 2.23. The standard InChI is InChI=1S/C14H20FNO2/c1-10(2)12(14(17)18)9-16(3)8-11-6-4-5-7-13(11)15/h4-7,10,12H,8-9H2,1-3H3,(H,17,18). The lowest BCUT2D eigenvalue weighted by atomic mass is 9.95. The van der Waals surface area contributed by atoms with Crippen LogP contribution in [0.15, 0.2) is 24.3 Å². The fraction of sp³-hybridized carbons (Fsp3) is 0.500. The van der Waals surface area contributed by atoms with E-state index in [1.165, 1.54) is 6.07 Å². The molecule has 0 fully saturated rings. The second-order valence-corrected chi connectivity index (χ2v) is 4.98. The summed E-state index contributed by atoms with van der Waals surface area (Å²) in [6.07, 6.45) is 0. The molecule has 4 heteroatoms. The molecule has 0 aliphatic heterocycles. The van der Waals surface area contributed by atoms with Crippen molar-refractivity contribution in [2.75, 3.05) is 13.6 Å². The van der Waals surface area contributed by atoms with Gasteiger partial charge in [0.05, 0.1) is 5.92 Å². The van der Waals surface area contributed by atoms with Crippen molar-refractivity contribution in [2.24, 2.45) is 11.8 Å². The Hall–Kier alpha value is -1.42. The van der Waals surface area contributed by atoms with Crippen molar-refractivity contribution >= 4 is 5.97 Å². The third-order valence-corrected chi connectivity index (χ3v) is 3.03. The lowest BCUT2D eigenvalue weighted by Crippen LogP contribution is -2.33. The zero-order valence-electron chi connectivity index (χ0n) is 11.1. The second kappa shape index (κ2) is 6.50. The summed E-state index contributed by atoms with van der Waals surface area (Å²) < 4.78 is 13.5. The maximum Gasteiger partial charge on any atom is 0.308 e. The molecule has 100 valence electrons. The quantitative estimate of drug-likeness (QED) is 0.847. The predicted octanol–water partition coefficient (Wildman–Crippen LogP) is 2.61. The van der Waals surface area contributed by atoms with Crippen LogP contribution in [0.3, 0.4) is 0 Å². The van der Waals surface area contributed by atoms with E-state index in [1.54, 1.807) is 18.2 Å². The van der Waals surface area contributed by atoms with Gasteiger partial charge < -0.3 is 10.0 Å². The Morgan fingerprint density at radius 1 is 1.39 bits per heavy atom. The third kappa shape index (κ3) is 4.11. The van der Waals surface area contributed by atoms with E-state index in [2.05, 4.69) is 0 Å². The smallest absolute Gasteiger partial charge is 0.308 e. The van der Waals surface area contributed by atoms with E-state index in [-0.39, 0.29) is 11.7 Å². The zero-order chi connectivity index (χ0) is 13.7. The normalized spacial score (nSPS) is 13.0. The van der Waals surface area contributed by atoms with E-state index in [4.69, 9.17) is 5.11 Å². The summed E-state index contributed by atoms with van der Waals surface area (Å²) in [6, 6.07) is 6.56. The average molecular weight is 253 g/mol. The summed E-state index contributed by atoms with van der Waals surface area (Å²) in [7, 11) is 1.81. The van der Waals surface area contributed by atoms with Crippen molar-refractivity contribution in [3.63, 3.8) is 0 Å². The first-order valence-corrected chi connectivity index (χ1v) is 6.06. The van der Waals surface area contributed by atoms with Crippen LogP contribution in [0.2, 0.25) is 0 Å². The summed E-state index contributed by atoms with van der Waals surface area (Å²) in [5, 5.41) is 9.11. The van der Waals surface area contributed by atoms with Crippen molar-refractivity contribution in [1.29, 1.82) is 0 Å². The first kappa shape index (κ1) is 14.6. The van der Waals surface area contributed by atoms with Gasteiger partial charge >= 0.3 is 5.97 Å². The first-order chi connectivity index (χ1) is 8.41. The van der Waals surface area contributed by atoms with Gasteiger partial charge in [-0.1, -0.05) is 32.0 Å². The van der Waals surface area contributed by atoms with Crippen LogP contribution in [0, 0.1) is 17.7 Å². The molecule has 1 unspecified atom stereocenters. The summed E-state index contributed by atoms with van der Waals surface area (Å²) in [5.74, 6) is -1.42. The molecule has 0 spiro atoms. The Bertz CT molecular complexity index is 407. The highest BCUT2D eigenvalue weighted by Crippen LogP contribution is 2.15. The van der Waals surface area contributed by atoms with Crippen LogP contribution in [-0.4, -0.2) is 29.6 Å². The third-order valence-electron chi connectivity index (χ3n) is 3.03. The van der Waals surface area contributed by atoms with E-state index < -0.39 is 11.9 Å². The molecule has 0 radical (unpaired) electrons. The topological polar surface area (TPSA) is 40.5 Å². The van der Waals surface area contributed by atoms with Gasteiger partial charge in [-0.25, -0.2) is 4.39 Å². The van der Waals surface area contributed by atoms with E-state index in [0.717, 1.165) is 0 Å². The Balaban J connectivity index is 2.63. The number of carboxylic acids is 1. The minimum atomic E-state index is -0.801. The fourth-order valence-corrected chi connectivity index (χ4v) is 1.89. The monoisotopic (exact) mass is 253 g/mol. The second-order valence-electron chi connectivity index (χ2n) is 4.98. The fourth-order valence-electron chi connectivity index (χ4n) is 1.89. The summed E-state index contributed by atoms with van der Waals surface area (Å²) in [6.45, 7) is 4.61. The van der Waals surface area contributed by atoms with Gasteiger partial charge in [0, 0.05) is 18.7 Å². The molecule has 0 aliphatic rings. The van der Waals surface area contributed by atoms with Gasteiger partial charge in [0.25, 0.3) is 0 Å². The van der Waals surface area contributed by atoms with Crippen LogP contribution in [-0.2, 0) is 11.3 Å². The van der Waals surface area contributed by atoms with Gasteiger partial charge in [-0.15, -0.1) is 0 Å². The van der Waals surface area contributed by atoms with Crippen LogP contribution in [0.1, 0.15) is 19.4 Å². The molecule has 0 bridgehead atoms. The van der Waals surface area contributed by atoms with E-state index in [0.29, 0.717) is 18.7 Å². The SMILES string of the molecule is CC(C)C(CN(C)Cc1ccccc1F)C(=O)O. The molecule has 0 amide bonds. The highest BCUT2D eigenvalue weighted by atomic mass is 19.1. The number of carboxylic acid groups (broad SMARTS) is 1. The van der Waals surface area contributed by atoms with Crippen LogP contribution in [0.25, 0.3) is 0 Å². The lowest BCUT2D eigenvalue weighted by Gasteiger charge is -2.23. The molecule has 0 saturated heterocycles. The molecule has 1 atom stereocenters. The largest absolute Gasteiger partial charge is 0.481 e. The number of hydrogen-bond donors (Lipinski definition) is 1. The highest BCUT2D eigenvalue weighted by molar-refractivity contribution is 5.70. The molecular formula is C14H20FNO2. The van der Waals surface area contributed by atoms with E-state index in [9.17, 15) is 9.18 Å². The number of hydrogen-bond acceptors (Lipinski definition) is 2. The van der Waals surface area contributed by atoms with Crippen molar-refractivity contribution in [1.82, 2.24) is 4.90 Å². The molecular weight excluding hydrogens is 233 g/mol. The van der Waals surface area contributed by atoms with Crippen LogP contribution in [0.5, 0.6) is 0 Å². The number of benzene rings is 1. The van der Waals surface area contributed by atoms with Crippen LogP contribution in [0.4, 0.5) is 4.39 Å². The summed E-state index contributed by atoms with van der Waals surface area (Å²) in [5.41, 5.74) is 0.591. The Labute approximate surface area is 107 Å². The maximum atomic E-state index is 13.5. The summed E-state index contributed by atoms with van der Waals surface area (Å²) >= 11 is 0. The Morgan fingerprint density at radius 3 is 2.50 bits per heavy atom. The average Bonchev–Trinajstić information content (AvgIpc) is 2.28. The molecule has 0 saturated carbocycles. The number of aliphatic carboxylic acids is 1. The molecule has 0 aliphatic carbocycles. The molecule has 3 nitrogen and oxygen atoms in total. The van der Waals surface area contributed by atoms with Crippen LogP contribution < -0.4 is 0 Å². The predicted molar refractivity (Wildman–Crippen MR) is 68.7 cm³/mol. The van der Waals surface area contributed by atoms with Gasteiger partial charge in [0.2, 0.25) is 0 Å². The van der Waals surface area contributed by atoms with E-state index >= 15 is 0 Å². The van der Waals surface area contributed by atoms with Gasteiger partial charge in [-0.2, -0.15) is 0 Å². The van der Waals surface area contributed by atoms with Crippen molar-refractivity contribution < 1.29 is 14.3 Å². The number of carbonyl (C=O) groups is 1. The Kier molecular flexibility index (Phi) is 5.28. The molecule has 1 aromatic rings. The zero-order valence-corrected chi connectivity index (χ0v) is 11.1. The van der Waals surface area contributed by atoms with Crippen molar-refractivity contribution in [3.05, 3.63) is 35.6 Å². The first-order valence-electron chi connectivity index (χ1n) is 6.06. The maximum absolute atomic E-state index is 13.5. The molecule has 18 heavy (non-hydrogen) atoms. The van der Waals surface area contributed by atoms with E-state index in [1.807, 2.05) is 25.8 Å². The van der Waals surface area contributed by atoms with Crippen molar-refractivity contribution in [2.45, 2.75) is 20.4 Å². The van der Waals surface area contributed by atoms with Gasteiger partial charge in [-0.05, 0) is 19.0 Å². The van der Waals surface area contributed by atoms with Crippen molar-refractivity contribution in [3.8, 4) is 0 Å². The summed E-state index contributed by atoms with van der Waals surface area (Å²) in [4.78, 5) is 12.9. The minimum absolute atomic E-state index is 0.0607. The Morgan fingerprint density at radius 2 is 2.00 bits per heavy atom. The van der Waals surface area contributed by atoms with Gasteiger partial charge in [-0.3, -0.25) is 4.79 Å². The van der Waals surface area contributed by atoms with Crippen LogP contribution >= 0.6 is 0 Å².